The second kappa shape index (κ2) is 7.62. The lowest BCUT2D eigenvalue weighted by Crippen LogP contribution is -2.38. The Balaban J connectivity index is 1.62. The summed E-state index contributed by atoms with van der Waals surface area (Å²) >= 11 is 0. The summed E-state index contributed by atoms with van der Waals surface area (Å²) in [4.78, 5) is 12.5. The van der Waals surface area contributed by atoms with E-state index in [0.29, 0.717) is 18.0 Å². The van der Waals surface area contributed by atoms with Gasteiger partial charge in [0, 0.05) is 18.3 Å². The predicted molar refractivity (Wildman–Crippen MR) is 92.8 cm³/mol. The zero-order chi connectivity index (χ0) is 16.9. The van der Waals surface area contributed by atoms with Crippen molar-refractivity contribution >= 4 is 5.91 Å². The molecule has 1 amide bonds. The van der Waals surface area contributed by atoms with Crippen LogP contribution in [0.25, 0.3) is 0 Å². The predicted octanol–water partition coefficient (Wildman–Crippen LogP) is 2.52. The largest absolute Gasteiger partial charge is 0.396 e. The van der Waals surface area contributed by atoms with Crippen molar-refractivity contribution in [3.05, 3.63) is 53.3 Å². The van der Waals surface area contributed by atoms with Crippen molar-refractivity contribution in [1.29, 1.82) is 0 Å². The fraction of sp³-hybridized carbons (Fsp3) is 0.474. The van der Waals surface area contributed by atoms with Gasteiger partial charge < -0.3 is 10.4 Å². The normalized spacial score (nSPS) is 20.8. The number of carbonyl (C=O) groups is 1. The summed E-state index contributed by atoms with van der Waals surface area (Å²) in [6.45, 7) is 2.86. The van der Waals surface area contributed by atoms with Gasteiger partial charge in [-0.2, -0.15) is 5.10 Å². The van der Waals surface area contributed by atoms with Gasteiger partial charge in [0.1, 0.15) is 0 Å². The maximum atomic E-state index is 12.5. The third kappa shape index (κ3) is 3.85. The molecule has 3 rings (SSSR count). The molecule has 1 aromatic heterocycles. The smallest absolute Gasteiger partial charge is 0.254 e. The van der Waals surface area contributed by atoms with Crippen molar-refractivity contribution in [3.63, 3.8) is 0 Å². The average Bonchev–Trinajstić information content (AvgIpc) is 2.97. The molecule has 1 heterocycles. The number of nitrogens with one attached hydrogen (secondary N) is 1. The zero-order valence-electron chi connectivity index (χ0n) is 14.1. The molecule has 5 heteroatoms. The molecule has 24 heavy (non-hydrogen) atoms. The molecule has 0 radical (unpaired) electrons. The molecule has 1 saturated carbocycles. The number of carbonyl (C=O) groups excluding carboxylic acids is 1. The number of aromatic nitrogens is 2. The van der Waals surface area contributed by atoms with Crippen molar-refractivity contribution in [2.45, 2.75) is 45.2 Å². The molecule has 0 unspecified atom stereocenters. The van der Waals surface area contributed by atoms with Crippen molar-refractivity contribution < 1.29 is 9.90 Å². The molecule has 1 aromatic carbocycles. The van der Waals surface area contributed by atoms with Gasteiger partial charge in [0.05, 0.1) is 18.3 Å². The van der Waals surface area contributed by atoms with Crippen LogP contribution in [0.4, 0.5) is 0 Å². The standard InChI is InChI=1S/C19H25N3O2/c1-14-18(11-20-22(14)12-15-5-3-2-4-6-15)19(24)21-17-9-7-16(13-23)8-10-17/h2-6,11,16-17,23H,7-10,12-13H2,1H3,(H,21,24). The number of hydrogen-bond donors (Lipinski definition) is 2. The fourth-order valence-electron chi connectivity index (χ4n) is 3.34. The minimum absolute atomic E-state index is 0.0424. The van der Waals surface area contributed by atoms with E-state index in [-0.39, 0.29) is 18.6 Å². The number of amides is 1. The van der Waals surface area contributed by atoms with E-state index >= 15 is 0 Å². The Bertz CT molecular complexity index is 673. The Morgan fingerprint density at radius 1 is 1.25 bits per heavy atom. The molecule has 1 fully saturated rings. The SMILES string of the molecule is Cc1c(C(=O)NC2CCC(CO)CC2)cnn1Cc1ccccc1. The second-order valence-electron chi connectivity index (χ2n) is 6.66. The molecule has 2 N–H and O–H groups in total. The highest BCUT2D eigenvalue weighted by Gasteiger charge is 2.23. The monoisotopic (exact) mass is 327 g/mol. The van der Waals surface area contributed by atoms with Crippen LogP contribution >= 0.6 is 0 Å². The molecule has 128 valence electrons. The Morgan fingerprint density at radius 2 is 1.96 bits per heavy atom. The van der Waals surface area contributed by atoms with Crippen LogP contribution in [0, 0.1) is 12.8 Å². The van der Waals surface area contributed by atoms with Crippen LogP contribution in [0.3, 0.4) is 0 Å². The molecular formula is C19H25N3O2. The third-order valence-corrected chi connectivity index (χ3v) is 4.96. The number of benzene rings is 1. The van der Waals surface area contributed by atoms with Crippen LogP contribution in [0.1, 0.15) is 47.3 Å². The van der Waals surface area contributed by atoms with Gasteiger partial charge in [-0.25, -0.2) is 0 Å². The van der Waals surface area contributed by atoms with E-state index in [0.717, 1.165) is 36.9 Å². The lowest BCUT2D eigenvalue weighted by molar-refractivity contribution is 0.0913. The minimum atomic E-state index is -0.0424. The van der Waals surface area contributed by atoms with Crippen LogP contribution in [0.5, 0.6) is 0 Å². The van der Waals surface area contributed by atoms with Gasteiger partial charge in [-0.1, -0.05) is 30.3 Å². The van der Waals surface area contributed by atoms with Crippen LogP contribution in [0.15, 0.2) is 36.5 Å². The molecule has 2 aromatic rings. The van der Waals surface area contributed by atoms with Gasteiger partial charge in [-0.15, -0.1) is 0 Å². The van der Waals surface area contributed by atoms with Gasteiger partial charge in [0.2, 0.25) is 0 Å². The Labute approximate surface area is 142 Å². The number of nitrogens with zero attached hydrogens (tertiary/aromatic N) is 2. The van der Waals surface area contributed by atoms with Crippen LogP contribution in [0.2, 0.25) is 0 Å². The summed E-state index contributed by atoms with van der Waals surface area (Å²) < 4.78 is 1.87. The van der Waals surface area contributed by atoms with Crippen LogP contribution in [-0.4, -0.2) is 33.4 Å². The lowest BCUT2D eigenvalue weighted by atomic mass is 9.86. The Kier molecular flexibility index (Phi) is 5.30. The van der Waals surface area contributed by atoms with Gasteiger partial charge in [0.15, 0.2) is 0 Å². The van der Waals surface area contributed by atoms with Crippen molar-refractivity contribution in [2.75, 3.05) is 6.61 Å². The van der Waals surface area contributed by atoms with E-state index in [1.165, 1.54) is 0 Å². The highest BCUT2D eigenvalue weighted by molar-refractivity contribution is 5.95. The summed E-state index contributed by atoms with van der Waals surface area (Å²) in [5.41, 5.74) is 2.70. The number of aliphatic hydroxyl groups is 1. The number of aliphatic hydroxyl groups excluding tert-OH is 1. The summed E-state index contributed by atoms with van der Waals surface area (Å²) in [5, 5.41) is 16.7. The van der Waals surface area contributed by atoms with Crippen LogP contribution in [-0.2, 0) is 6.54 Å². The van der Waals surface area contributed by atoms with Gasteiger partial charge in [0.25, 0.3) is 5.91 Å². The molecular weight excluding hydrogens is 302 g/mol. The first kappa shape index (κ1) is 16.7. The van der Waals surface area contributed by atoms with Gasteiger partial charge in [-0.05, 0) is 44.1 Å². The first-order valence-electron chi connectivity index (χ1n) is 8.65. The first-order chi connectivity index (χ1) is 11.7. The molecule has 1 aliphatic carbocycles. The summed E-state index contributed by atoms with van der Waals surface area (Å²) in [6.07, 6.45) is 5.50. The van der Waals surface area contributed by atoms with E-state index in [9.17, 15) is 9.90 Å². The van der Waals surface area contributed by atoms with E-state index in [4.69, 9.17) is 0 Å². The quantitative estimate of drug-likeness (QED) is 0.887. The Morgan fingerprint density at radius 3 is 2.62 bits per heavy atom. The highest BCUT2D eigenvalue weighted by Crippen LogP contribution is 2.24. The molecule has 0 saturated heterocycles. The van der Waals surface area contributed by atoms with Gasteiger partial charge in [-0.3, -0.25) is 9.48 Å². The molecule has 0 atom stereocenters. The minimum Gasteiger partial charge on any atom is -0.396 e. The van der Waals surface area contributed by atoms with E-state index in [1.807, 2.05) is 29.8 Å². The number of hydrogen-bond acceptors (Lipinski definition) is 3. The van der Waals surface area contributed by atoms with Crippen molar-refractivity contribution in [2.24, 2.45) is 5.92 Å². The van der Waals surface area contributed by atoms with E-state index in [1.54, 1.807) is 6.20 Å². The first-order valence-corrected chi connectivity index (χ1v) is 8.65. The maximum absolute atomic E-state index is 12.5. The number of rotatable bonds is 5. The van der Waals surface area contributed by atoms with E-state index < -0.39 is 0 Å². The maximum Gasteiger partial charge on any atom is 0.254 e. The lowest BCUT2D eigenvalue weighted by Gasteiger charge is -2.27. The fourth-order valence-corrected chi connectivity index (χ4v) is 3.34. The molecule has 0 aliphatic heterocycles. The average molecular weight is 327 g/mol. The molecule has 0 bridgehead atoms. The van der Waals surface area contributed by atoms with Crippen LogP contribution < -0.4 is 5.32 Å². The second-order valence-corrected chi connectivity index (χ2v) is 6.66. The van der Waals surface area contributed by atoms with E-state index in [2.05, 4.69) is 22.5 Å². The van der Waals surface area contributed by atoms with Crippen molar-refractivity contribution in [1.82, 2.24) is 15.1 Å². The summed E-state index contributed by atoms with van der Waals surface area (Å²) in [5.74, 6) is 0.354. The van der Waals surface area contributed by atoms with Crippen molar-refractivity contribution in [3.8, 4) is 0 Å². The van der Waals surface area contributed by atoms with Gasteiger partial charge >= 0.3 is 0 Å². The molecule has 5 nitrogen and oxygen atoms in total. The highest BCUT2D eigenvalue weighted by atomic mass is 16.3. The topological polar surface area (TPSA) is 67.2 Å². The zero-order valence-corrected chi connectivity index (χ0v) is 14.1. The molecule has 0 spiro atoms. The molecule has 1 aliphatic rings. The summed E-state index contributed by atoms with van der Waals surface area (Å²) in [6, 6.07) is 10.3. The third-order valence-electron chi connectivity index (χ3n) is 4.96. The Hall–Kier alpha value is -2.14. The summed E-state index contributed by atoms with van der Waals surface area (Å²) in [7, 11) is 0.